The number of ketones is 2. The molecule has 1 aromatic carbocycles. The van der Waals surface area contributed by atoms with E-state index in [9.17, 15) is 9.59 Å². The smallest absolute Gasteiger partial charge is 0.171 e. The van der Waals surface area contributed by atoms with Gasteiger partial charge in [-0.05, 0) is 0 Å². The Hall–Kier alpha value is -1.15. The molecule has 0 saturated carbocycles. The molecule has 2 nitrogen and oxygen atoms in total. The van der Waals surface area contributed by atoms with Crippen LogP contribution in [0, 0.1) is 0 Å². The number of halogens is 1. The second-order valence-corrected chi connectivity index (χ2v) is 2.57. The first kappa shape index (κ1) is 9.93. The van der Waals surface area contributed by atoms with Crippen molar-refractivity contribution in [2.24, 2.45) is 0 Å². The molecule has 0 heterocycles. The minimum absolute atomic E-state index is 0.0504. The summed E-state index contributed by atoms with van der Waals surface area (Å²) in [6.07, 6.45) is 1.53. The molecule has 2 rings (SSSR count). The van der Waals surface area contributed by atoms with Crippen LogP contribution in [-0.2, 0) is 0 Å². The van der Waals surface area contributed by atoms with Gasteiger partial charge in [-0.25, -0.2) is 0 Å². The normalized spacial score (nSPS) is 13.4. The van der Waals surface area contributed by atoms with Gasteiger partial charge in [-0.15, -0.1) is 11.6 Å². The average Bonchev–Trinajstić information content (AvgIpc) is 2.47. The van der Waals surface area contributed by atoms with Gasteiger partial charge < -0.3 is 0 Å². The third kappa shape index (κ3) is 1.78. The maximum absolute atomic E-state index is 11.1. The van der Waals surface area contributed by atoms with E-state index in [0.29, 0.717) is 11.1 Å². The summed E-state index contributed by atoms with van der Waals surface area (Å²) >= 11 is 4.64. The number of carbonyl (C=O) groups excluding carboxylic acids is 2. The summed E-state index contributed by atoms with van der Waals surface area (Å²) < 4.78 is 0. The zero-order valence-corrected chi connectivity index (χ0v) is 7.97. The second kappa shape index (κ2) is 4.19. The monoisotopic (exact) mass is 196 g/mol. The molecule has 0 saturated heterocycles. The van der Waals surface area contributed by atoms with Gasteiger partial charge in [0.05, 0.1) is 6.42 Å². The first-order valence-electron chi connectivity index (χ1n) is 3.82. The molecule has 0 fully saturated rings. The van der Waals surface area contributed by atoms with Crippen LogP contribution in [0.1, 0.15) is 27.1 Å². The van der Waals surface area contributed by atoms with E-state index in [2.05, 4.69) is 11.6 Å². The van der Waals surface area contributed by atoms with Crippen molar-refractivity contribution in [3.8, 4) is 0 Å². The van der Waals surface area contributed by atoms with Crippen LogP contribution >= 0.6 is 11.6 Å². The van der Waals surface area contributed by atoms with Crippen molar-refractivity contribution in [2.45, 2.75) is 6.42 Å². The lowest BCUT2D eigenvalue weighted by molar-refractivity contribution is 0.0923. The van der Waals surface area contributed by atoms with Crippen molar-refractivity contribution < 1.29 is 9.59 Å². The number of rotatable bonds is 0. The molecule has 0 unspecified atom stereocenters. The number of alkyl halides is 1. The minimum atomic E-state index is -0.0504. The fourth-order valence-corrected chi connectivity index (χ4v) is 1.31. The van der Waals surface area contributed by atoms with Crippen LogP contribution in [0.4, 0.5) is 0 Å². The summed E-state index contributed by atoms with van der Waals surface area (Å²) in [6.45, 7) is 0. The maximum Gasteiger partial charge on any atom is 0.171 e. The highest BCUT2D eigenvalue weighted by Gasteiger charge is 2.25. The van der Waals surface area contributed by atoms with E-state index in [1.54, 1.807) is 24.3 Å². The predicted molar refractivity (Wildman–Crippen MR) is 51.5 cm³/mol. The molecule has 3 heteroatoms. The Morgan fingerprint density at radius 2 is 1.38 bits per heavy atom. The molecule has 68 valence electrons. The minimum Gasteiger partial charge on any atom is -0.294 e. The summed E-state index contributed by atoms with van der Waals surface area (Å²) in [5.41, 5.74) is 1.16. The van der Waals surface area contributed by atoms with E-state index < -0.39 is 0 Å². The number of fused-ring (bicyclic) bond motifs is 1. The highest BCUT2D eigenvalue weighted by molar-refractivity contribution is 6.24. The van der Waals surface area contributed by atoms with Gasteiger partial charge in [-0.3, -0.25) is 9.59 Å². The van der Waals surface area contributed by atoms with Gasteiger partial charge in [0.25, 0.3) is 0 Å². The third-order valence-corrected chi connectivity index (χ3v) is 1.85. The molecule has 1 aliphatic rings. The standard InChI is InChI=1S/C9H6O2.CH3Cl/c10-8-5-9(11)7-4-2-1-3-6(7)8;1-2/h1-4H,5H2;1H3. The molecule has 0 radical (unpaired) electrons. The van der Waals surface area contributed by atoms with Crippen molar-refractivity contribution in [1.29, 1.82) is 0 Å². The number of carbonyl (C=O) groups is 2. The Morgan fingerprint density at radius 3 is 1.77 bits per heavy atom. The van der Waals surface area contributed by atoms with Crippen LogP contribution in [0.2, 0.25) is 0 Å². The van der Waals surface area contributed by atoms with Crippen LogP contribution < -0.4 is 0 Å². The number of hydrogen-bond donors (Lipinski definition) is 0. The molecular formula is C10H9ClO2. The number of benzene rings is 1. The third-order valence-electron chi connectivity index (χ3n) is 1.85. The quantitative estimate of drug-likeness (QED) is 0.471. The van der Waals surface area contributed by atoms with E-state index in [1.165, 1.54) is 6.38 Å². The molecule has 0 bridgehead atoms. The Morgan fingerprint density at radius 1 is 1.00 bits per heavy atom. The van der Waals surface area contributed by atoms with Gasteiger partial charge in [0, 0.05) is 17.5 Å². The van der Waals surface area contributed by atoms with Gasteiger partial charge in [0.15, 0.2) is 11.6 Å². The summed E-state index contributed by atoms with van der Waals surface area (Å²) in [7, 11) is 0. The highest BCUT2D eigenvalue weighted by Crippen LogP contribution is 2.20. The summed E-state index contributed by atoms with van der Waals surface area (Å²) in [6, 6.07) is 6.94. The Bertz CT molecular complexity index is 312. The van der Waals surface area contributed by atoms with Gasteiger partial charge in [-0.2, -0.15) is 0 Å². The van der Waals surface area contributed by atoms with E-state index in [0.717, 1.165) is 0 Å². The molecule has 0 atom stereocenters. The maximum atomic E-state index is 11.1. The average molecular weight is 197 g/mol. The lowest BCUT2D eigenvalue weighted by atomic mass is 10.1. The highest BCUT2D eigenvalue weighted by atomic mass is 35.5. The van der Waals surface area contributed by atoms with Crippen molar-refractivity contribution in [3.63, 3.8) is 0 Å². The van der Waals surface area contributed by atoms with Crippen LogP contribution in [0.5, 0.6) is 0 Å². The molecule has 0 amide bonds. The zero-order valence-electron chi connectivity index (χ0n) is 7.21. The first-order valence-corrected chi connectivity index (χ1v) is 4.58. The summed E-state index contributed by atoms with van der Waals surface area (Å²) in [5.74, 6) is -0.101. The fourth-order valence-electron chi connectivity index (χ4n) is 1.31. The lowest BCUT2D eigenvalue weighted by Gasteiger charge is -1.90. The fraction of sp³-hybridized carbons (Fsp3) is 0.200. The van der Waals surface area contributed by atoms with E-state index in [4.69, 9.17) is 0 Å². The first-order chi connectivity index (χ1) is 6.29. The topological polar surface area (TPSA) is 34.1 Å². The van der Waals surface area contributed by atoms with Crippen LogP contribution in [0.25, 0.3) is 0 Å². The second-order valence-electron chi connectivity index (χ2n) is 2.57. The Kier molecular flexibility index (Phi) is 3.20. The van der Waals surface area contributed by atoms with Crippen LogP contribution in [0.3, 0.4) is 0 Å². The molecule has 0 spiro atoms. The summed E-state index contributed by atoms with van der Waals surface area (Å²) in [5, 5.41) is 0. The van der Waals surface area contributed by atoms with Gasteiger partial charge >= 0.3 is 0 Å². The van der Waals surface area contributed by atoms with E-state index in [1.807, 2.05) is 0 Å². The molecule has 0 N–H and O–H groups in total. The Labute approximate surface area is 81.5 Å². The molecule has 0 aromatic heterocycles. The zero-order chi connectivity index (χ0) is 9.84. The van der Waals surface area contributed by atoms with Crippen molar-refractivity contribution in [2.75, 3.05) is 6.38 Å². The molecular weight excluding hydrogens is 188 g/mol. The van der Waals surface area contributed by atoms with E-state index >= 15 is 0 Å². The largest absolute Gasteiger partial charge is 0.294 e. The lowest BCUT2D eigenvalue weighted by Crippen LogP contribution is -1.90. The van der Waals surface area contributed by atoms with Crippen LogP contribution in [-0.4, -0.2) is 17.9 Å². The van der Waals surface area contributed by atoms with Gasteiger partial charge in [-0.1, -0.05) is 24.3 Å². The van der Waals surface area contributed by atoms with Crippen molar-refractivity contribution in [3.05, 3.63) is 35.4 Å². The van der Waals surface area contributed by atoms with Crippen molar-refractivity contribution in [1.82, 2.24) is 0 Å². The number of hydrogen-bond acceptors (Lipinski definition) is 2. The summed E-state index contributed by atoms with van der Waals surface area (Å²) in [4.78, 5) is 22.1. The van der Waals surface area contributed by atoms with E-state index in [-0.39, 0.29) is 18.0 Å². The molecule has 1 aliphatic carbocycles. The number of Topliss-reactive ketones (excluding diaryl/α,β-unsaturated/α-hetero) is 2. The Balaban J connectivity index is 0.000000396. The van der Waals surface area contributed by atoms with Crippen molar-refractivity contribution >= 4 is 23.2 Å². The van der Waals surface area contributed by atoms with Gasteiger partial charge in [0.1, 0.15) is 0 Å². The SMILES string of the molecule is CCl.O=C1CC(=O)c2ccccc21. The van der Waals surface area contributed by atoms with Gasteiger partial charge in [0.2, 0.25) is 0 Å². The van der Waals surface area contributed by atoms with Crippen LogP contribution in [0.15, 0.2) is 24.3 Å². The predicted octanol–water partition coefficient (Wildman–Crippen LogP) is 2.31. The molecule has 13 heavy (non-hydrogen) atoms. The molecule has 0 aliphatic heterocycles. The molecule has 1 aromatic rings.